The molecule has 4 aromatic rings. The Kier molecular flexibility index (Phi) is 3.47. The maximum absolute atomic E-state index is 12.8. The van der Waals surface area contributed by atoms with Crippen LogP contribution in [0.15, 0.2) is 89.8 Å². The van der Waals surface area contributed by atoms with Crippen molar-refractivity contribution in [1.82, 2.24) is 0 Å². The highest BCUT2D eigenvalue weighted by molar-refractivity contribution is 7.93. The molecule has 0 unspecified atom stereocenters. The van der Waals surface area contributed by atoms with E-state index in [4.69, 9.17) is 0 Å². The van der Waals surface area contributed by atoms with Gasteiger partial charge in [0, 0.05) is 11.1 Å². The monoisotopic (exact) mass is 333 g/mol. The minimum absolute atomic E-state index is 0.286. The van der Waals surface area contributed by atoms with Gasteiger partial charge in [-0.25, -0.2) is 8.42 Å². The number of hydrogen-bond donors (Lipinski definition) is 1. The molecule has 0 amide bonds. The second kappa shape index (κ2) is 5.65. The molecule has 4 heteroatoms. The van der Waals surface area contributed by atoms with Gasteiger partial charge in [-0.1, -0.05) is 66.7 Å². The minimum atomic E-state index is -3.66. The molecule has 118 valence electrons. The fraction of sp³-hybridized carbons (Fsp3) is 0. The summed E-state index contributed by atoms with van der Waals surface area (Å²) in [5, 5.41) is 3.69. The van der Waals surface area contributed by atoms with Crippen molar-refractivity contribution in [2.45, 2.75) is 4.90 Å². The molecule has 4 aromatic carbocycles. The predicted octanol–water partition coefficient (Wildman–Crippen LogP) is 4.79. The van der Waals surface area contributed by atoms with Crippen molar-refractivity contribution >= 4 is 37.3 Å². The third kappa shape index (κ3) is 2.61. The van der Waals surface area contributed by atoms with E-state index in [0.29, 0.717) is 11.1 Å². The summed E-state index contributed by atoms with van der Waals surface area (Å²) in [6, 6.07) is 26.2. The van der Waals surface area contributed by atoms with Gasteiger partial charge in [-0.15, -0.1) is 0 Å². The summed E-state index contributed by atoms with van der Waals surface area (Å²) < 4.78 is 28.4. The number of anilines is 1. The molecular formula is C20H15NO2S. The predicted molar refractivity (Wildman–Crippen MR) is 98.7 cm³/mol. The lowest BCUT2D eigenvalue weighted by molar-refractivity contribution is 0.602. The zero-order valence-electron chi connectivity index (χ0n) is 12.8. The van der Waals surface area contributed by atoms with E-state index >= 15 is 0 Å². The molecule has 0 fully saturated rings. The molecule has 0 radical (unpaired) electrons. The van der Waals surface area contributed by atoms with Gasteiger partial charge in [-0.05, 0) is 34.4 Å². The normalized spacial score (nSPS) is 11.7. The third-order valence-electron chi connectivity index (χ3n) is 4.04. The van der Waals surface area contributed by atoms with Crippen LogP contribution in [0.3, 0.4) is 0 Å². The molecule has 0 atom stereocenters. The summed E-state index contributed by atoms with van der Waals surface area (Å²) in [7, 11) is -3.66. The Balaban J connectivity index is 1.79. The smallest absolute Gasteiger partial charge is 0.262 e. The Morgan fingerprint density at radius 3 is 2.12 bits per heavy atom. The fourth-order valence-corrected chi connectivity index (χ4v) is 4.17. The van der Waals surface area contributed by atoms with Crippen LogP contribution in [-0.4, -0.2) is 8.42 Å². The van der Waals surface area contributed by atoms with Crippen molar-refractivity contribution in [3.63, 3.8) is 0 Å². The van der Waals surface area contributed by atoms with Gasteiger partial charge in [0.05, 0.1) is 4.90 Å². The van der Waals surface area contributed by atoms with E-state index in [1.165, 1.54) is 0 Å². The number of rotatable bonds is 3. The molecule has 0 spiro atoms. The Morgan fingerprint density at radius 1 is 0.625 bits per heavy atom. The minimum Gasteiger partial charge on any atom is -0.280 e. The summed E-state index contributed by atoms with van der Waals surface area (Å²) in [5.41, 5.74) is 0.557. The molecule has 3 nitrogen and oxygen atoms in total. The van der Waals surface area contributed by atoms with Gasteiger partial charge in [0.15, 0.2) is 0 Å². The summed E-state index contributed by atoms with van der Waals surface area (Å²) in [5.74, 6) is 0. The van der Waals surface area contributed by atoms with Gasteiger partial charge in [-0.3, -0.25) is 4.72 Å². The molecule has 0 bridgehead atoms. The average molecular weight is 333 g/mol. The molecule has 1 N–H and O–H groups in total. The highest BCUT2D eigenvalue weighted by atomic mass is 32.2. The van der Waals surface area contributed by atoms with Crippen LogP contribution in [0, 0.1) is 0 Å². The van der Waals surface area contributed by atoms with E-state index in [9.17, 15) is 8.42 Å². The first kappa shape index (κ1) is 14.7. The summed E-state index contributed by atoms with van der Waals surface area (Å²) in [6.45, 7) is 0. The van der Waals surface area contributed by atoms with E-state index in [1.54, 1.807) is 18.2 Å². The highest BCUT2D eigenvalue weighted by Crippen LogP contribution is 2.26. The average Bonchev–Trinajstić information content (AvgIpc) is 2.61. The third-order valence-corrected chi connectivity index (χ3v) is 5.48. The first-order valence-electron chi connectivity index (χ1n) is 7.63. The fourth-order valence-electron chi connectivity index (χ4n) is 2.89. The van der Waals surface area contributed by atoms with Crippen LogP contribution in [-0.2, 0) is 10.0 Å². The lowest BCUT2D eigenvalue weighted by Gasteiger charge is -2.11. The van der Waals surface area contributed by atoms with Gasteiger partial charge in [0.1, 0.15) is 0 Å². The molecule has 0 aliphatic heterocycles. The standard InChI is InChI=1S/C20H15NO2S/c22-24(23,20-11-5-9-16-7-3-4-10-19(16)20)21-18-13-12-15-6-1-2-8-17(15)14-18/h1-14,21H. The van der Waals surface area contributed by atoms with E-state index in [2.05, 4.69) is 4.72 Å². The molecule has 4 rings (SSSR count). The van der Waals surface area contributed by atoms with E-state index in [-0.39, 0.29) is 4.90 Å². The van der Waals surface area contributed by atoms with Crippen LogP contribution < -0.4 is 4.72 Å². The molecule has 0 saturated heterocycles. The van der Waals surface area contributed by atoms with Crippen LogP contribution in [0.1, 0.15) is 0 Å². The van der Waals surface area contributed by atoms with Crippen LogP contribution >= 0.6 is 0 Å². The highest BCUT2D eigenvalue weighted by Gasteiger charge is 2.17. The van der Waals surface area contributed by atoms with Crippen molar-refractivity contribution in [3.8, 4) is 0 Å². The molecule has 0 aliphatic carbocycles. The number of benzene rings is 4. The van der Waals surface area contributed by atoms with Crippen LogP contribution in [0.2, 0.25) is 0 Å². The lowest BCUT2D eigenvalue weighted by Crippen LogP contribution is -2.13. The van der Waals surface area contributed by atoms with Crippen molar-refractivity contribution in [1.29, 1.82) is 0 Å². The SMILES string of the molecule is O=S(=O)(Nc1ccc2ccccc2c1)c1cccc2ccccc12. The zero-order valence-corrected chi connectivity index (χ0v) is 13.6. The topological polar surface area (TPSA) is 46.2 Å². The van der Waals surface area contributed by atoms with Gasteiger partial charge in [-0.2, -0.15) is 0 Å². The van der Waals surface area contributed by atoms with Crippen LogP contribution in [0.25, 0.3) is 21.5 Å². The first-order chi connectivity index (χ1) is 11.6. The first-order valence-corrected chi connectivity index (χ1v) is 9.11. The van der Waals surface area contributed by atoms with Crippen molar-refractivity contribution < 1.29 is 8.42 Å². The molecule has 0 aliphatic rings. The van der Waals surface area contributed by atoms with Crippen molar-refractivity contribution in [2.75, 3.05) is 4.72 Å². The Labute approximate surface area is 140 Å². The van der Waals surface area contributed by atoms with Crippen LogP contribution in [0.5, 0.6) is 0 Å². The number of sulfonamides is 1. The van der Waals surface area contributed by atoms with Gasteiger partial charge < -0.3 is 0 Å². The second-order valence-electron chi connectivity index (χ2n) is 5.64. The summed E-state index contributed by atoms with van der Waals surface area (Å²) in [4.78, 5) is 0.286. The zero-order chi connectivity index (χ0) is 16.6. The lowest BCUT2D eigenvalue weighted by atomic mass is 10.1. The van der Waals surface area contributed by atoms with Gasteiger partial charge in [0.2, 0.25) is 0 Å². The van der Waals surface area contributed by atoms with Gasteiger partial charge >= 0.3 is 0 Å². The van der Waals surface area contributed by atoms with Crippen molar-refractivity contribution in [2.24, 2.45) is 0 Å². The Morgan fingerprint density at radius 2 is 1.29 bits per heavy atom. The van der Waals surface area contributed by atoms with Gasteiger partial charge in [0.25, 0.3) is 10.0 Å². The quantitative estimate of drug-likeness (QED) is 0.586. The summed E-state index contributed by atoms with van der Waals surface area (Å²) >= 11 is 0. The number of nitrogens with one attached hydrogen (secondary N) is 1. The number of fused-ring (bicyclic) bond motifs is 2. The summed E-state index contributed by atoms with van der Waals surface area (Å²) in [6.07, 6.45) is 0. The molecule has 0 aromatic heterocycles. The molecular weight excluding hydrogens is 318 g/mol. The molecule has 24 heavy (non-hydrogen) atoms. The van der Waals surface area contributed by atoms with E-state index < -0.39 is 10.0 Å². The second-order valence-corrected chi connectivity index (χ2v) is 7.30. The van der Waals surface area contributed by atoms with Crippen LogP contribution in [0.4, 0.5) is 5.69 Å². The Bertz CT molecular complexity index is 1150. The number of hydrogen-bond acceptors (Lipinski definition) is 2. The molecule has 0 heterocycles. The Hall–Kier alpha value is -2.85. The maximum atomic E-state index is 12.8. The van der Waals surface area contributed by atoms with E-state index in [0.717, 1.165) is 16.2 Å². The largest absolute Gasteiger partial charge is 0.280 e. The van der Waals surface area contributed by atoms with Crippen molar-refractivity contribution in [3.05, 3.63) is 84.9 Å². The van der Waals surface area contributed by atoms with E-state index in [1.807, 2.05) is 66.7 Å². The molecule has 0 saturated carbocycles. The maximum Gasteiger partial charge on any atom is 0.262 e.